The van der Waals surface area contributed by atoms with E-state index >= 15 is 0 Å². The quantitative estimate of drug-likeness (QED) is 0.656. The molecule has 8 nitrogen and oxygen atoms in total. The van der Waals surface area contributed by atoms with E-state index in [1.54, 1.807) is 0 Å². The van der Waals surface area contributed by atoms with Gasteiger partial charge in [-0.15, -0.1) is 5.10 Å². The molecule has 3 heterocycles. The van der Waals surface area contributed by atoms with Crippen molar-refractivity contribution in [2.75, 3.05) is 40.4 Å². The fourth-order valence-electron chi connectivity index (χ4n) is 3.36. The number of aromatic nitrogens is 5. The lowest BCUT2D eigenvalue weighted by molar-refractivity contribution is 0.0832. The van der Waals surface area contributed by atoms with E-state index in [2.05, 4.69) is 52.4 Å². The molecule has 3 rings (SSSR count). The third-order valence-electron chi connectivity index (χ3n) is 4.55. The molecule has 1 aliphatic rings. The number of hydrogen-bond donors (Lipinski definition) is 0. The van der Waals surface area contributed by atoms with Crippen LogP contribution in [0.2, 0.25) is 0 Å². The maximum atomic E-state index is 5.96. The number of nitrogens with zero attached hydrogens (tertiary/aromatic N) is 7. The van der Waals surface area contributed by atoms with Crippen LogP contribution in [0.15, 0.2) is 12.4 Å². The van der Waals surface area contributed by atoms with Crippen molar-refractivity contribution in [3.8, 4) is 0 Å². The minimum absolute atomic E-state index is 0.303. The summed E-state index contributed by atoms with van der Waals surface area (Å²) in [6.45, 7) is 8.01. The van der Waals surface area contributed by atoms with Gasteiger partial charge in [0.1, 0.15) is 5.69 Å². The van der Waals surface area contributed by atoms with Gasteiger partial charge in [-0.25, -0.2) is 4.68 Å². The lowest BCUT2D eigenvalue weighted by atomic mass is 9.98. The van der Waals surface area contributed by atoms with E-state index in [-0.39, 0.29) is 0 Å². The van der Waals surface area contributed by atoms with Gasteiger partial charge >= 0.3 is 0 Å². The first-order valence-electron chi connectivity index (χ1n) is 8.91. The molecule has 25 heavy (non-hydrogen) atoms. The monoisotopic (exact) mass is 347 g/mol. The van der Waals surface area contributed by atoms with Crippen LogP contribution in [0.1, 0.15) is 29.8 Å². The summed E-state index contributed by atoms with van der Waals surface area (Å²) < 4.78 is 9.83. The van der Waals surface area contributed by atoms with Gasteiger partial charge in [-0.1, -0.05) is 5.21 Å². The predicted octanol–water partition coefficient (Wildman–Crippen LogP) is 0.709. The van der Waals surface area contributed by atoms with Crippen LogP contribution in [0.3, 0.4) is 0 Å². The molecular weight excluding hydrogens is 318 g/mol. The number of aryl methyl sites for hydroxylation is 2. The molecule has 0 unspecified atom stereocenters. The van der Waals surface area contributed by atoms with Crippen LogP contribution in [-0.2, 0) is 31.4 Å². The van der Waals surface area contributed by atoms with E-state index in [1.165, 1.54) is 11.3 Å². The smallest absolute Gasteiger partial charge is 0.100 e. The van der Waals surface area contributed by atoms with Gasteiger partial charge in [0.2, 0.25) is 0 Å². The first-order chi connectivity index (χ1) is 12.1. The normalized spacial score (nSPS) is 18.0. The topological polar surface area (TPSA) is 64.2 Å². The van der Waals surface area contributed by atoms with E-state index in [1.807, 2.05) is 22.6 Å². The largest absolute Gasteiger partial charge is 0.379 e. The molecule has 1 atom stereocenters. The van der Waals surface area contributed by atoms with Crippen LogP contribution in [0.4, 0.5) is 0 Å². The molecule has 0 aliphatic carbocycles. The van der Waals surface area contributed by atoms with E-state index in [9.17, 15) is 0 Å². The van der Waals surface area contributed by atoms with E-state index in [0.29, 0.717) is 12.5 Å². The van der Waals surface area contributed by atoms with Crippen molar-refractivity contribution in [3.05, 3.63) is 29.3 Å². The summed E-state index contributed by atoms with van der Waals surface area (Å²) >= 11 is 0. The van der Waals surface area contributed by atoms with Gasteiger partial charge in [0, 0.05) is 57.4 Å². The molecule has 2 aromatic heterocycles. The molecule has 0 radical (unpaired) electrons. The minimum Gasteiger partial charge on any atom is -0.379 e. The van der Waals surface area contributed by atoms with Crippen molar-refractivity contribution in [2.45, 2.75) is 32.5 Å². The molecule has 138 valence electrons. The van der Waals surface area contributed by atoms with Gasteiger partial charge in [-0.05, 0) is 21.0 Å². The average Bonchev–Trinajstić information content (AvgIpc) is 3.17. The van der Waals surface area contributed by atoms with Gasteiger partial charge in [0.25, 0.3) is 0 Å². The Morgan fingerprint density at radius 2 is 2.20 bits per heavy atom. The SMILES string of the molecule is CCn1nnc2c1[C@@H](COCCN(C)C)CN(Cc1cnn(C)c1)C2. The highest BCUT2D eigenvalue weighted by atomic mass is 16.5. The Kier molecular flexibility index (Phi) is 5.82. The zero-order valence-corrected chi connectivity index (χ0v) is 15.7. The number of likely N-dealkylation sites (N-methyl/N-ethyl adjacent to an activating group) is 1. The first kappa shape index (κ1) is 18.0. The predicted molar refractivity (Wildman–Crippen MR) is 95.1 cm³/mol. The average molecular weight is 347 g/mol. The molecule has 0 bridgehead atoms. The summed E-state index contributed by atoms with van der Waals surface area (Å²) in [4.78, 5) is 4.55. The van der Waals surface area contributed by atoms with Crippen molar-refractivity contribution in [3.63, 3.8) is 0 Å². The number of ether oxygens (including phenoxy) is 1. The summed E-state index contributed by atoms with van der Waals surface area (Å²) in [7, 11) is 6.08. The van der Waals surface area contributed by atoms with Crippen LogP contribution in [0.5, 0.6) is 0 Å². The van der Waals surface area contributed by atoms with Gasteiger partial charge in [0.05, 0.1) is 25.1 Å². The highest BCUT2D eigenvalue weighted by molar-refractivity contribution is 5.20. The molecule has 2 aromatic rings. The molecule has 1 aliphatic heterocycles. The van der Waals surface area contributed by atoms with E-state index in [4.69, 9.17) is 4.74 Å². The summed E-state index contributed by atoms with van der Waals surface area (Å²) in [6.07, 6.45) is 4.00. The van der Waals surface area contributed by atoms with Crippen molar-refractivity contribution in [1.29, 1.82) is 0 Å². The first-order valence-corrected chi connectivity index (χ1v) is 8.91. The standard InChI is InChI=1S/C17H29N7O/c1-5-24-17-15(13-25-7-6-21(2)3)11-23(12-16(17)19-20-24)10-14-8-18-22(4)9-14/h8-9,15H,5-7,10-13H2,1-4H3/t15-/m1/s1. The molecule has 0 fully saturated rings. The lowest BCUT2D eigenvalue weighted by Gasteiger charge is -2.32. The fourth-order valence-corrected chi connectivity index (χ4v) is 3.36. The van der Waals surface area contributed by atoms with Crippen LogP contribution in [0.25, 0.3) is 0 Å². The molecule has 0 N–H and O–H groups in total. The zero-order valence-electron chi connectivity index (χ0n) is 15.7. The maximum absolute atomic E-state index is 5.96. The Morgan fingerprint density at radius 1 is 1.36 bits per heavy atom. The summed E-state index contributed by atoms with van der Waals surface area (Å²) in [5.74, 6) is 0.303. The van der Waals surface area contributed by atoms with Crippen LogP contribution >= 0.6 is 0 Å². The summed E-state index contributed by atoms with van der Waals surface area (Å²) in [5.41, 5.74) is 3.55. The highest BCUT2D eigenvalue weighted by Crippen LogP contribution is 2.28. The maximum Gasteiger partial charge on any atom is 0.100 e. The lowest BCUT2D eigenvalue weighted by Crippen LogP contribution is -2.36. The Bertz CT molecular complexity index is 678. The fraction of sp³-hybridized carbons (Fsp3) is 0.706. The molecule has 0 spiro atoms. The van der Waals surface area contributed by atoms with Crippen LogP contribution in [0, 0.1) is 0 Å². The second-order valence-electron chi connectivity index (χ2n) is 7.00. The minimum atomic E-state index is 0.303. The molecule has 0 amide bonds. The van der Waals surface area contributed by atoms with Crippen molar-refractivity contribution in [1.82, 2.24) is 34.6 Å². The van der Waals surface area contributed by atoms with Gasteiger partial charge in [-0.3, -0.25) is 9.58 Å². The number of hydrogen-bond acceptors (Lipinski definition) is 6. The Morgan fingerprint density at radius 3 is 2.88 bits per heavy atom. The highest BCUT2D eigenvalue weighted by Gasteiger charge is 2.30. The second kappa shape index (κ2) is 8.07. The number of fused-ring (bicyclic) bond motifs is 1. The third kappa shape index (κ3) is 4.45. The molecule has 8 heteroatoms. The Labute approximate surface area is 149 Å². The molecule has 0 saturated heterocycles. The van der Waals surface area contributed by atoms with Crippen LogP contribution in [-0.4, -0.2) is 75.0 Å². The van der Waals surface area contributed by atoms with Crippen molar-refractivity contribution >= 4 is 0 Å². The molecular formula is C17H29N7O. The summed E-state index contributed by atoms with van der Waals surface area (Å²) in [5, 5.41) is 13.0. The van der Waals surface area contributed by atoms with Gasteiger partial charge in [0.15, 0.2) is 0 Å². The van der Waals surface area contributed by atoms with Crippen molar-refractivity contribution < 1.29 is 4.74 Å². The van der Waals surface area contributed by atoms with E-state index in [0.717, 1.165) is 45.0 Å². The zero-order chi connectivity index (χ0) is 17.8. The Hall–Kier alpha value is -1.77. The molecule has 0 aromatic carbocycles. The Balaban J connectivity index is 1.69. The molecule has 0 saturated carbocycles. The van der Waals surface area contributed by atoms with Gasteiger partial charge in [-0.2, -0.15) is 5.10 Å². The summed E-state index contributed by atoms with van der Waals surface area (Å²) in [6, 6.07) is 0. The van der Waals surface area contributed by atoms with Crippen LogP contribution < -0.4 is 0 Å². The van der Waals surface area contributed by atoms with Gasteiger partial charge < -0.3 is 9.64 Å². The van der Waals surface area contributed by atoms with Crippen molar-refractivity contribution in [2.24, 2.45) is 7.05 Å². The third-order valence-corrected chi connectivity index (χ3v) is 4.55. The number of rotatable bonds is 8. The van der Waals surface area contributed by atoms with E-state index < -0.39 is 0 Å². The second-order valence-corrected chi connectivity index (χ2v) is 7.00.